The normalized spacial score (nSPS) is 11.6. The Morgan fingerprint density at radius 1 is 1.00 bits per heavy atom. The molecule has 34 heavy (non-hydrogen) atoms. The van der Waals surface area contributed by atoms with Crippen molar-refractivity contribution in [1.82, 2.24) is 0 Å². The van der Waals surface area contributed by atoms with Gasteiger partial charge in [0.2, 0.25) is 0 Å². The van der Waals surface area contributed by atoms with Crippen molar-refractivity contribution >= 4 is 49.4 Å². The predicted molar refractivity (Wildman–Crippen MR) is 128 cm³/mol. The van der Waals surface area contributed by atoms with Crippen LogP contribution < -0.4 is 4.72 Å². The molecule has 0 amide bonds. The number of carboxylic acid groups (broad SMARTS) is 1. The summed E-state index contributed by atoms with van der Waals surface area (Å²) in [7, 11) is -4.14. The average Bonchev–Trinajstić information content (AvgIpc) is 3.17. The first-order valence-corrected chi connectivity index (χ1v) is 12.3. The number of nitrogens with one attached hydrogen (secondary N) is 1. The summed E-state index contributed by atoms with van der Waals surface area (Å²) in [5, 5.41) is 10.9. The molecule has 9 heteroatoms. The van der Waals surface area contributed by atoms with Gasteiger partial charge in [-0.2, -0.15) is 0 Å². The topological polar surface area (TPSA) is 123 Å². The maximum atomic E-state index is 13.2. The van der Waals surface area contributed by atoms with Crippen molar-refractivity contribution in [3.05, 3.63) is 71.5 Å². The number of benzene rings is 3. The maximum absolute atomic E-state index is 13.2. The van der Waals surface area contributed by atoms with E-state index >= 15 is 0 Å². The largest absolute Gasteiger partial charge is 0.478 e. The Kier molecular flexibility index (Phi) is 6.30. The fourth-order valence-corrected chi connectivity index (χ4v) is 5.00. The molecule has 0 bridgehead atoms. The van der Waals surface area contributed by atoms with Crippen molar-refractivity contribution in [2.75, 3.05) is 11.3 Å². The van der Waals surface area contributed by atoms with Gasteiger partial charge in [0, 0.05) is 22.6 Å². The zero-order valence-corrected chi connectivity index (χ0v) is 19.4. The molecule has 0 aliphatic carbocycles. The van der Waals surface area contributed by atoms with Crippen molar-refractivity contribution in [2.45, 2.75) is 31.6 Å². The first-order valence-electron chi connectivity index (χ1n) is 10.8. The molecule has 0 spiro atoms. The molecule has 0 atom stereocenters. The van der Waals surface area contributed by atoms with E-state index in [1.165, 1.54) is 18.2 Å². The van der Waals surface area contributed by atoms with Crippen LogP contribution in [0, 0.1) is 0 Å². The number of furan rings is 1. The van der Waals surface area contributed by atoms with Crippen LogP contribution in [0.25, 0.3) is 21.7 Å². The van der Waals surface area contributed by atoms with Gasteiger partial charge in [0.15, 0.2) is 0 Å². The molecular weight excluding hydrogens is 458 g/mol. The number of anilines is 1. The minimum absolute atomic E-state index is 0.146. The van der Waals surface area contributed by atoms with E-state index in [2.05, 4.69) is 4.72 Å². The van der Waals surface area contributed by atoms with E-state index in [0.29, 0.717) is 33.9 Å². The third-order valence-electron chi connectivity index (χ3n) is 5.36. The summed E-state index contributed by atoms with van der Waals surface area (Å²) < 4.78 is 40.2. The van der Waals surface area contributed by atoms with Crippen molar-refractivity contribution in [3.63, 3.8) is 0 Å². The van der Waals surface area contributed by atoms with Crippen LogP contribution in [0.1, 0.15) is 46.7 Å². The average molecular weight is 482 g/mol. The second kappa shape index (κ2) is 9.18. The highest BCUT2D eigenvalue weighted by molar-refractivity contribution is 7.92. The highest BCUT2D eigenvalue weighted by Crippen LogP contribution is 2.38. The number of ether oxygens (including phenoxy) is 1. The standard InChI is InChI=1S/C25H23NO7S/c1-3-8-21-22(25(29)32-4-2)19-14-20(17-11-5-6-12-18(17)23(19)33-21)26-34(30,31)16-10-7-9-15(13-16)24(27)28/h5-7,9-14,26H,3-4,8H2,1-2H3,(H,27,28). The van der Waals surface area contributed by atoms with Crippen LogP contribution in [0.3, 0.4) is 0 Å². The Balaban J connectivity index is 1.93. The Labute approximate surface area is 196 Å². The summed E-state index contributed by atoms with van der Waals surface area (Å²) in [6.45, 7) is 3.86. The third kappa shape index (κ3) is 4.22. The van der Waals surface area contributed by atoms with Crippen LogP contribution >= 0.6 is 0 Å². The number of aryl methyl sites for hydroxylation is 1. The van der Waals surface area contributed by atoms with Crippen LogP contribution in [0.4, 0.5) is 5.69 Å². The molecule has 0 radical (unpaired) electrons. The van der Waals surface area contributed by atoms with Crippen molar-refractivity contribution < 1.29 is 32.3 Å². The number of esters is 1. The number of hydrogen-bond donors (Lipinski definition) is 2. The zero-order valence-electron chi connectivity index (χ0n) is 18.6. The molecule has 4 rings (SSSR count). The Bertz CT molecular complexity index is 1520. The fraction of sp³-hybridized carbons (Fsp3) is 0.200. The van der Waals surface area contributed by atoms with E-state index in [4.69, 9.17) is 9.15 Å². The van der Waals surface area contributed by atoms with E-state index in [0.717, 1.165) is 12.5 Å². The Morgan fingerprint density at radius 3 is 2.41 bits per heavy atom. The Morgan fingerprint density at radius 2 is 1.74 bits per heavy atom. The summed E-state index contributed by atoms with van der Waals surface area (Å²) in [4.78, 5) is 23.9. The molecule has 0 unspecified atom stereocenters. The van der Waals surface area contributed by atoms with Crippen LogP contribution in [0.2, 0.25) is 0 Å². The minimum Gasteiger partial charge on any atom is -0.478 e. The summed E-state index contributed by atoms with van der Waals surface area (Å²) >= 11 is 0. The van der Waals surface area contributed by atoms with Gasteiger partial charge in [0.05, 0.1) is 22.8 Å². The molecule has 1 heterocycles. The van der Waals surface area contributed by atoms with Crippen molar-refractivity contribution in [3.8, 4) is 0 Å². The Hall–Kier alpha value is -3.85. The lowest BCUT2D eigenvalue weighted by Gasteiger charge is -2.12. The van der Waals surface area contributed by atoms with Gasteiger partial charge < -0.3 is 14.3 Å². The molecule has 8 nitrogen and oxygen atoms in total. The molecular formula is C25H23NO7S. The number of carbonyl (C=O) groups is 2. The second-order valence-electron chi connectivity index (χ2n) is 7.66. The van der Waals surface area contributed by atoms with E-state index in [1.807, 2.05) is 6.92 Å². The lowest BCUT2D eigenvalue weighted by atomic mass is 10.0. The molecule has 0 saturated heterocycles. The first-order chi connectivity index (χ1) is 16.3. The molecule has 176 valence electrons. The van der Waals surface area contributed by atoms with Crippen molar-refractivity contribution in [2.24, 2.45) is 0 Å². The fourth-order valence-electron chi connectivity index (χ4n) is 3.88. The van der Waals surface area contributed by atoms with E-state index in [9.17, 15) is 23.1 Å². The monoisotopic (exact) mass is 481 g/mol. The molecule has 2 N–H and O–H groups in total. The minimum atomic E-state index is -4.14. The SMILES string of the molecule is CCCc1oc2c(cc(NS(=O)(=O)c3cccc(C(=O)O)c3)c3ccccc32)c1C(=O)OCC. The highest BCUT2D eigenvalue weighted by atomic mass is 32.2. The van der Waals surface area contributed by atoms with Gasteiger partial charge in [-0.1, -0.05) is 37.3 Å². The van der Waals surface area contributed by atoms with Gasteiger partial charge >= 0.3 is 11.9 Å². The summed E-state index contributed by atoms with van der Waals surface area (Å²) in [6.07, 6.45) is 1.25. The van der Waals surface area contributed by atoms with E-state index < -0.39 is 22.0 Å². The number of carbonyl (C=O) groups excluding carboxylic acids is 1. The zero-order chi connectivity index (χ0) is 24.5. The molecule has 0 aliphatic heterocycles. The molecule has 3 aromatic carbocycles. The maximum Gasteiger partial charge on any atom is 0.342 e. The smallest absolute Gasteiger partial charge is 0.342 e. The molecule has 0 fully saturated rings. The first kappa shape index (κ1) is 23.3. The number of rotatable bonds is 8. The summed E-state index contributed by atoms with van der Waals surface area (Å²) in [6, 6.07) is 13.7. The summed E-state index contributed by atoms with van der Waals surface area (Å²) in [5.41, 5.74) is 0.834. The molecule has 0 aliphatic rings. The van der Waals surface area contributed by atoms with Gasteiger partial charge in [0.1, 0.15) is 16.9 Å². The van der Waals surface area contributed by atoms with Crippen LogP contribution in [0.15, 0.2) is 63.9 Å². The van der Waals surface area contributed by atoms with Crippen molar-refractivity contribution in [1.29, 1.82) is 0 Å². The quantitative estimate of drug-likeness (QED) is 0.331. The lowest BCUT2D eigenvalue weighted by Crippen LogP contribution is -2.14. The number of hydrogen-bond acceptors (Lipinski definition) is 6. The van der Waals surface area contributed by atoms with Crippen LogP contribution in [-0.2, 0) is 21.2 Å². The van der Waals surface area contributed by atoms with Gasteiger partial charge in [0.25, 0.3) is 10.0 Å². The van der Waals surface area contributed by atoms with Gasteiger partial charge in [-0.3, -0.25) is 4.72 Å². The van der Waals surface area contributed by atoms with Gasteiger partial charge in [-0.25, -0.2) is 18.0 Å². The van der Waals surface area contributed by atoms with Crippen LogP contribution in [0.5, 0.6) is 0 Å². The molecule has 0 saturated carbocycles. The predicted octanol–water partition coefficient (Wildman–Crippen LogP) is 5.21. The third-order valence-corrected chi connectivity index (χ3v) is 6.72. The lowest BCUT2D eigenvalue weighted by molar-refractivity contribution is 0.0525. The van der Waals surface area contributed by atoms with Gasteiger partial charge in [-0.15, -0.1) is 0 Å². The van der Waals surface area contributed by atoms with Gasteiger partial charge in [-0.05, 0) is 37.6 Å². The summed E-state index contributed by atoms with van der Waals surface area (Å²) in [5.74, 6) is -1.29. The van der Waals surface area contributed by atoms with E-state index in [1.54, 1.807) is 37.3 Å². The van der Waals surface area contributed by atoms with Crippen LogP contribution in [-0.4, -0.2) is 32.1 Å². The number of sulfonamides is 1. The number of aromatic carboxylic acids is 1. The number of carboxylic acids is 1. The number of fused-ring (bicyclic) bond motifs is 3. The van der Waals surface area contributed by atoms with E-state index in [-0.39, 0.29) is 28.3 Å². The second-order valence-corrected chi connectivity index (χ2v) is 9.34. The molecule has 1 aromatic heterocycles. The highest BCUT2D eigenvalue weighted by Gasteiger charge is 2.25. The molecule has 4 aromatic rings.